The number of hydrogen-bond acceptors (Lipinski definition) is 4. The Kier molecular flexibility index (Phi) is 8.70. The van der Waals surface area contributed by atoms with E-state index in [4.69, 9.17) is 11.6 Å². The SMILES string of the molecule is CNC(=O)C(C)N(Cc1ccccc1Cl)C(=O)CN(c1ccc(F)cc1)S(=O)(=O)c1ccc(C)cc1. The van der Waals surface area contributed by atoms with Crippen LogP contribution in [-0.4, -0.2) is 44.8 Å². The summed E-state index contributed by atoms with van der Waals surface area (Å²) in [7, 11) is -2.76. The van der Waals surface area contributed by atoms with Crippen LogP contribution >= 0.6 is 11.6 Å². The zero-order chi connectivity index (χ0) is 26.5. The van der Waals surface area contributed by atoms with Crippen LogP contribution in [0, 0.1) is 12.7 Å². The third-order valence-electron chi connectivity index (χ3n) is 5.71. The first-order valence-electron chi connectivity index (χ1n) is 11.1. The Balaban J connectivity index is 2.03. The maximum atomic E-state index is 13.6. The summed E-state index contributed by atoms with van der Waals surface area (Å²) >= 11 is 6.29. The van der Waals surface area contributed by atoms with Gasteiger partial charge in [0.05, 0.1) is 10.6 Å². The highest BCUT2D eigenvalue weighted by molar-refractivity contribution is 7.92. The molecule has 1 atom stereocenters. The molecule has 1 unspecified atom stereocenters. The Morgan fingerprint density at radius 2 is 1.61 bits per heavy atom. The molecule has 2 amide bonds. The second kappa shape index (κ2) is 11.5. The van der Waals surface area contributed by atoms with E-state index in [-0.39, 0.29) is 17.1 Å². The van der Waals surface area contributed by atoms with Crippen LogP contribution in [0.2, 0.25) is 5.02 Å². The number of likely N-dealkylation sites (N-methyl/N-ethyl adjacent to an activating group) is 1. The van der Waals surface area contributed by atoms with E-state index >= 15 is 0 Å². The number of sulfonamides is 1. The van der Waals surface area contributed by atoms with Gasteiger partial charge in [-0.1, -0.05) is 47.5 Å². The van der Waals surface area contributed by atoms with Crippen LogP contribution < -0.4 is 9.62 Å². The number of benzene rings is 3. The Bertz CT molecular complexity index is 1330. The minimum atomic E-state index is -4.21. The molecule has 3 aromatic rings. The van der Waals surface area contributed by atoms with Gasteiger partial charge in [0.2, 0.25) is 11.8 Å². The first-order chi connectivity index (χ1) is 17.0. The van der Waals surface area contributed by atoms with Gasteiger partial charge in [-0.25, -0.2) is 12.8 Å². The van der Waals surface area contributed by atoms with Crippen LogP contribution in [0.15, 0.2) is 77.7 Å². The molecule has 0 aliphatic rings. The Labute approximate surface area is 215 Å². The lowest BCUT2D eigenvalue weighted by Crippen LogP contribution is -2.50. The first-order valence-corrected chi connectivity index (χ1v) is 13.0. The molecular weight excluding hydrogens is 505 g/mol. The molecule has 0 saturated heterocycles. The molecule has 190 valence electrons. The van der Waals surface area contributed by atoms with Crippen molar-refractivity contribution in [2.45, 2.75) is 31.3 Å². The number of amides is 2. The number of nitrogens with one attached hydrogen (secondary N) is 1. The summed E-state index contributed by atoms with van der Waals surface area (Å²) in [6.45, 7) is 2.73. The van der Waals surface area contributed by atoms with Gasteiger partial charge in [-0.05, 0) is 61.9 Å². The van der Waals surface area contributed by atoms with Crippen LogP contribution in [0.25, 0.3) is 0 Å². The summed E-state index contributed by atoms with van der Waals surface area (Å²) < 4.78 is 41.8. The van der Waals surface area contributed by atoms with E-state index in [1.54, 1.807) is 43.3 Å². The quantitative estimate of drug-likeness (QED) is 0.449. The van der Waals surface area contributed by atoms with Crippen molar-refractivity contribution in [3.05, 3.63) is 94.8 Å². The molecule has 1 N–H and O–H groups in total. The van der Waals surface area contributed by atoms with Crippen molar-refractivity contribution in [3.8, 4) is 0 Å². The topological polar surface area (TPSA) is 86.8 Å². The predicted octanol–water partition coefficient (Wildman–Crippen LogP) is 4.15. The van der Waals surface area contributed by atoms with Gasteiger partial charge in [0.1, 0.15) is 18.4 Å². The zero-order valence-corrected chi connectivity index (χ0v) is 21.7. The van der Waals surface area contributed by atoms with Crippen molar-refractivity contribution in [2.75, 3.05) is 17.9 Å². The van der Waals surface area contributed by atoms with Gasteiger partial charge in [0, 0.05) is 18.6 Å². The molecule has 7 nitrogen and oxygen atoms in total. The highest BCUT2D eigenvalue weighted by atomic mass is 35.5. The summed E-state index contributed by atoms with van der Waals surface area (Å²) in [5.41, 5.74) is 1.57. The number of halogens is 2. The maximum Gasteiger partial charge on any atom is 0.264 e. The third-order valence-corrected chi connectivity index (χ3v) is 7.87. The molecule has 0 saturated carbocycles. The van der Waals surface area contributed by atoms with Crippen LogP contribution in [0.4, 0.5) is 10.1 Å². The molecule has 0 bridgehead atoms. The number of rotatable bonds is 9. The lowest BCUT2D eigenvalue weighted by Gasteiger charge is -2.32. The van der Waals surface area contributed by atoms with Gasteiger partial charge >= 0.3 is 0 Å². The van der Waals surface area contributed by atoms with E-state index in [2.05, 4.69) is 5.32 Å². The summed E-state index contributed by atoms with van der Waals surface area (Å²) in [6, 6.07) is 16.9. The molecule has 36 heavy (non-hydrogen) atoms. The average Bonchev–Trinajstić information content (AvgIpc) is 2.86. The van der Waals surface area contributed by atoms with Crippen molar-refractivity contribution in [3.63, 3.8) is 0 Å². The predicted molar refractivity (Wildman–Crippen MR) is 138 cm³/mol. The Hall–Kier alpha value is -3.43. The molecule has 0 spiro atoms. The van der Waals surface area contributed by atoms with E-state index in [0.717, 1.165) is 22.0 Å². The second-order valence-electron chi connectivity index (χ2n) is 8.20. The molecule has 0 radical (unpaired) electrons. The highest BCUT2D eigenvalue weighted by Crippen LogP contribution is 2.26. The van der Waals surface area contributed by atoms with Crippen molar-refractivity contribution in [1.82, 2.24) is 10.2 Å². The number of nitrogens with zero attached hydrogens (tertiary/aromatic N) is 2. The second-order valence-corrected chi connectivity index (χ2v) is 10.5. The van der Waals surface area contributed by atoms with Gasteiger partial charge in [0.15, 0.2) is 0 Å². The molecule has 0 aromatic heterocycles. The van der Waals surface area contributed by atoms with Gasteiger partial charge in [-0.3, -0.25) is 13.9 Å². The summed E-state index contributed by atoms with van der Waals surface area (Å²) in [4.78, 5) is 27.3. The van der Waals surface area contributed by atoms with Gasteiger partial charge in [-0.2, -0.15) is 0 Å². The lowest BCUT2D eigenvalue weighted by molar-refractivity contribution is -0.139. The molecular formula is C26H27ClFN3O4S. The van der Waals surface area contributed by atoms with E-state index < -0.39 is 40.2 Å². The van der Waals surface area contributed by atoms with Crippen LogP contribution in [0.3, 0.4) is 0 Å². The highest BCUT2D eigenvalue weighted by Gasteiger charge is 2.32. The van der Waals surface area contributed by atoms with Crippen LogP contribution in [0.1, 0.15) is 18.1 Å². The molecule has 0 aliphatic heterocycles. The fourth-order valence-electron chi connectivity index (χ4n) is 3.58. The Morgan fingerprint density at radius 1 is 1.00 bits per heavy atom. The molecule has 0 heterocycles. The van der Waals surface area contributed by atoms with Gasteiger partial charge < -0.3 is 10.2 Å². The van der Waals surface area contributed by atoms with Crippen molar-refractivity contribution < 1.29 is 22.4 Å². The number of carbonyl (C=O) groups is 2. The molecule has 3 aromatic carbocycles. The minimum Gasteiger partial charge on any atom is -0.357 e. The molecule has 10 heteroatoms. The van der Waals surface area contributed by atoms with Crippen LogP contribution in [0.5, 0.6) is 0 Å². The first kappa shape index (κ1) is 27.2. The number of carbonyl (C=O) groups excluding carboxylic acids is 2. The lowest BCUT2D eigenvalue weighted by atomic mass is 10.1. The van der Waals surface area contributed by atoms with Crippen molar-refractivity contribution >= 4 is 39.1 Å². The number of hydrogen-bond donors (Lipinski definition) is 1. The largest absolute Gasteiger partial charge is 0.357 e. The smallest absolute Gasteiger partial charge is 0.264 e. The zero-order valence-electron chi connectivity index (χ0n) is 20.1. The summed E-state index contributed by atoms with van der Waals surface area (Å²) in [6.07, 6.45) is 0. The van der Waals surface area contributed by atoms with Crippen molar-refractivity contribution in [1.29, 1.82) is 0 Å². The molecule has 3 rings (SSSR count). The van der Waals surface area contributed by atoms with Crippen LogP contribution in [-0.2, 0) is 26.2 Å². The van der Waals surface area contributed by atoms with Gasteiger partial charge in [0.25, 0.3) is 10.0 Å². The molecule has 0 aliphatic carbocycles. The monoisotopic (exact) mass is 531 g/mol. The van der Waals surface area contributed by atoms with E-state index in [9.17, 15) is 22.4 Å². The third kappa shape index (κ3) is 6.22. The summed E-state index contributed by atoms with van der Waals surface area (Å²) in [5, 5.41) is 2.92. The number of aryl methyl sites for hydroxylation is 1. The average molecular weight is 532 g/mol. The maximum absolute atomic E-state index is 13.6. The normalized spacial score (nSPS) is 12.0. The fraction of sp³-hybridized carbons (Fsp3) is 0.231. The fourth-order valence-corrected chi connectivity index (χ4v) is 5.18. The molecule has 0 fully saturated rings. The minimum absolute atomic E-state index is 0.0189. The number of anilines is 1. The Morgan fingerprint density at radius 3 is 2.19 bits per heavy atom. The van der Waals surface area contributed by atoms with E-state index in [1.807, 2.05) is 6.92 Å². The van der Waals surface area contributed by atoms with Crippen molar-refractivity contribution in [2.24, 2.45) is 0 Å². The van der Waals surface area contributed by atoms with E-state index in [0.29, 0.717) is 10.6 Å². The standard InChI is InChI=1S/C26H27ClFN3O4S/c1-18-8-14-23(15-9-18)36(34,35)31(22-12-10-21(28)11-13-22)17-25(32)30(19(2)26(33)29-3)16-20-6-4-5-7-24(20)27/h4-15,19H,16-17H2,1-3H3,(H,29,33). The summed E-state index contributed by atoms with van der Waals surface area (Å²) in [5.74, 6) is -1.61. The van der Waals surface area contributed by atoms with Gasteiger partial charge in [-0.15, -0.1) is 0 Å². The van der Waals surface area contributed by atoms with E-state index in [1.165, 1.54) is 36.2 Å².